The van der Waals surface area contributed by atoms with E-state index in [9.17, 15) is 0 Å². The lowest BCUT2D eigenvalue weighted by Crippen LogP contribution is -2.51. The van der Waals surface area contributed by atoms with Crippen molar-refractivity contribution in [2.45, 2.75) is 18.5 Å². The van der Waals surface area contributed by atoms with Gasteiger partial charge in [0.05, 0.1) is 13.7 Å². The summed E-state index contributed by atoms with van der Waals surface area (Å²) in [6.07, 6.45) is 1.05. The van der Waals surface area contributed by atoms with Crippen LogP contribution < -0.4 is 15.4 Å². The summed E-state index contributed by atoms with van der Waals surface area (Å²) in [4.78, 5) is 2.34. The van der Waals surface area contributed by atoms with E-state index in [0.717, 1.165) is 25.4 Å². The maximum absolute atomic E-state index is 6.41. The summed E-state index contributed by atoms with van der Waals surface area (Å²) in [6.45, 7) is 1.60. The largest absolute Gasteiger partial charge is 0.497 e. The highest BCUT2D eigenvalue weighted by Crippen LogP contribution is 2.42. The lowest BCUT2D eigenvalue weighted by Gasteiger charge is -2.47. The fourth-order valence-electron chi connectivity index (χ4n) is 3.22. The van der Waals surface area contributed by atoms with Crippen LogP contribution >= 0.6 is 0 Å². The lowest BCUT2D eigenvalue weighted by atomic mass is 9.80. The van der Waals surface area contributed by atoms with Crippen molar-refractivity contribution in [2.24, 2.45) is 11.7 Å². The second kappa shape index (κ2) is 4.44. The van der Waals surface area contributed by atoms with Crippen LogP contribution in [0.15, 0.2) is 18.2 Å². The smallest absolute Gasteiger partial charge is 0.120 e. The SMILES string of the molecule is COc1ccc2c(c1)N(C)C1CCOCC1C2N. The molecule has 18 heavy (non-hydrogen) atoms. The minimum Gasteiger partial charge on any atom is -0.497 e. The van der Waals surface area contributed by atoms with E-state index in [0.29, 0.717) is 12.0 Å². The van der Waals surface area contributed by atoms with Crippen LogP contribution in [0.1, 0.15) is 18.0 Å². The Morgan fingerprint density at radius 2 is 2.28 bits per heavy atom. The highest BCUT2D eigenvalue weighted by atomic mass is 16.5. The molecule has 0 aliphatic carbocycles. The topological polar surface area (TPSA) is 47.7 Å². The molecular weight excluding hydrogens is 228 g/mol. The van der Waals surface area contributed by atoms with Crippen LogP contribution in [0.4, 0.5) is 5.69 Å². The monoisotopic (exact) mass is 248 g/mol. The Labute approximate surface area is 108 Å². The Bertz CT molecular complexity index is 449. The molecule has 0 bridgehead atoms. The van der Waals surface area contributed by atoms with Crippen molar-refractivity contribution in [3.8, 4) is 5.75 Å². The number of hydrogen-bond donors (Lipinski definition) is 1. The van der Waals surface area contributed by atoms with Crippen molar-refractivity contribution in [1.82, 2.24) is 0 Å². The molecule has 3 atom stereocenters. The standard InChI is InChI=1S/C14H20N2O2/c1-16-12-5-6-18-8-11(12)14(15)10-4-3-9(17-2)7-13(10)16/h3-4,7,11-12,14H,5-6,8,15H2,1-2H3. The molecule has 2 N–H and O–H groups in total. The fourth-order valence-corrected chi connectivity index (χ4v) is 3.22. The minimum absolute atomic E-state index is 0.0624. The van der Waals surface area contributed by atoms with Gasteiger partial charge in [-0.1, -0.05) is 6.07 Å². The normalized spacial score (nSPS) is 30.6. The quantitative estimate of drug-likeness (QED) is 0.819. The maximum Gasteiger partial charge on any atom is 0.120 e. The number of fused-ring (bicyclic) bond motifs is 2. The number of methoxy groups -OCH3 is 1. The lowest BCUT2D eigenvalue weighted by molar-refractivity contribution is 0.0272. The summed E-state index contributed by atoms with van der Waals surface area (Å²) in [7, 11) is 3.84. The van der Waals surface area contributed by atoms with Crippen LogP contribution in [-0.4, -0.2) is 33.4 Å². The van der Waals surface area contributed by atoms with E-state index in [1.165, 1.54) is 11.3 Å². The second-order valence-electron chi connectivity index (χ2n) is 5.16. The molecule has 3 rings (SSSR count). The Kier molecular flexibility index (Phi) is 2.92. The number of hydrogen-bond acceptors (Lipinski definition) is 4. The number of benzene rings is 1. The molecule has 4 heteroatoms. The Hall–Kier alpha value is -1.26. The molecule has 2 aliphatic heterocycles. The second-order valence-corrected chi connectivity index (χ2v) is 5.16. The van der Waals surface area contributed by atoms with E-state index < -0.39 is 0 Å². The van der Waals surface area contributed by atoms with Crippen molar-refractivity contribution in [2.75, 3.05) is 32.3 Å². The molecule has 2 aliphatic rings. The van der Waals surface area contributed by atoms with Gasteiger partial charge in [0, 0.05) is 43.4 Å². The molecule has 0 spiro atoms. The fraction of sp³-hybridized carbons (Fsp3) is 0.571. The van der Waals surface area contributed by atoms with Crippen LogP contribution in [0.3, 0.4) is 0 Å². The third-order valence-corrected chi connectivity index (χ3v) is 4.30. The van der Waals surface area contributed by atoms with Crippen LogP contribution in [0.25, 0.3) is 0 Å². The first-order chi connectivity index (χ1) is 8.72. The molecule has 0 amide bonds. The maximum atomic E-state index is 6.41. The van der Waals surface area contributed by atoms with Crippen molar-refractivity contribution >= 4 is 5.69 Å². The molecule has 2 heterocycles. The van der Waals surface area contributed by atoms with Gasteiger partial charge in [-0.3, -0.25) is 0 Å². The van der Waals surface area contributed by atoms with Gasteiger partial charge in [-0.2, -0.15) is 0 Å². The highest BCUT2D eigenvalue weighted by Gasteiger charge is 2.39. The zero-order valence-corrected chi connectivity index (χ0v) is 10.9. The van der Waals surface area contributed by atoms with Gasteiger partial charge >= 0.3 is 0 Å². The van der Waals surface area contributed by atoms with Gasteiger partial charge in [0.1, 0.15) is 5.75 Å². The summed E-state index contributed by atoms with van der Waals surface area (Å²) in [5.41, 5.74) is 8.81. The molecule has 0 saturated carbocycles. The van der Waals surface area contributed by atoms with Crippen molar-refractivity contribution in [3.05, 3.63) is 23.8 Å². The highest BCUT2D eigenvalue weighted by molar-refractivity contribution is 5.61. The Morgan fingerprint density at radius 3 is 3.06 bits per heavy atom. The summed E-state index contributed by atoms with van der Waals surface area (Å²) < 4.78 is 10.9. The average Bonchev–Trinajstić information content (AvgIpc) is 2.44. The zero-order valence-electron chi connectivity index (χ0n) is 10.9. The molecule has 4 nitrogen and oxygen atoms in total. The third kappa shape index (κ3) is 1.68. The number of nitrogens with zero attached hydrogens (tertiary/aromatic N) is 1. The van der Waals surface area contributed by atoms with Crippen molar-refractivity contribution in [1.29, 1.82) is 0 Å². The van der Waals surface area contributed by atoms with Gasteiger partial charge in [-0.15, -0.1) is 0 Å². The van der Waals surface area contributed by atoms with E-state index in [4.69, 9.17) is 15.2 Å². The van der Waals surface area contributed by atoms with Crippen molar-refractivity contribution in [3.63, 3.8) is 0 Å². The predicted octanol–water partition coefficient (Wildman–Crippen LogP) is 1.55. The van der Waals surface area contributed by atoms with Crippen LogP contribution in [-0.2, 0) is 4.74 Å². The number of ether oxygens (including phenoxy) is 2. The van der Waals surface area contributed by atoms with Gasteiger partial charge < -0.3 is 20.1 Å². The first kappa shape index (κ1) is 11.8. The average molecular weight is 248 g/mol. The van der Waals surface area contributed by atoms with Gasteiger partial charge in [0.15, 0.2) is 0 Å². The number of rotatable bonds is 1. The molecular formula is C14H20N2O2. The summed E-state index contributed by atoms with van der Waals surface area (Å²) in [6, 6.07) is 6.69. The third-order valence-electron chi connectivity index (χ3n) is 4.30. The number of nitrogens with two attached hydrogens (primary N) is 1. The van der Waals surface area contributed by atoms with Gasteiger partial charge in [0.25, 0.3) is 0 Å². The molecule has 0 radical (unpaired) electrons. The molecule has 98 valence electrons. The van der Waals surface area contributed by atoms with Gasteiger partial charge in [-0.25, -0.2) is 0 Å². The molecule has 1 aromatic rings. The van der Waals surface area contributed by atoms with E-state index in [-0.39, 0.29) is 6.04 Å². The summed E-state index contributed by atoms with van der Waals surface area (Å²) >= 11 is 0. The molecule has 1 aromatic carbocycles. The van der Waals surface area contributed by atoms with E-state index in [1.54, 1.807) is 7.11 Å². The van der Waals surface area contributed by atoms with Crippen LogP contribution in [0.5, 0.6) is 5.75 Å². The number of anilines is 1. The summed E-state index contributed by atoms with van der Waals surface area (Å²) in [5, 5.41) is 0. The summed E-state index contributed by atoms with van der Waals surface area (Å²) in [5.74, 6) is 1.28. The van der Waals surface area contributed by atoms with Gasteiger partial charge in [-0.05, 0) is 18.1 Å². The molecule has 1 fully saturated rings. The van der Waals surface area contributed by atoms with Crippen LogP contribution in [0.2, 0.25) is 0 Å². The van der Waals surface area contributed by atoms with E-state index >= 15 is 0 Å². The van der Waals surface area contributed by atoms with E-state index in [1.807, 2.05) is 6.07 Å². The first-order valence-corrected chi connectivity index (χ1v) is 6.46. The van der Waals surface area contributed by atoms with Crippen LogP contribution in [0, 0.1) is 5.92 Å². The minimum atomic E-state index is 0.0624. The molecule has 1 saturated heterocycles. The molecule has 0 aromatic heterocycles. The Balaban J connectivity index is 2.04. The van der Waals surface area contributed by atoms with Crippen molar-refractivity contribution < 1.29 is 9.47 Å². The van der Waals surface area contributed by atoms with Gasteiger partial charge in [0.2, 0.25) is 0 Å². The predicted molar refractivity (Wildman–Crippen MR) is 71.0 cm³/mol. The van der Waals surface area contributed by atoms with E-state index in [2.05, 4.69) is 24.1 Å². The first-order valence-electron chi connectivity index (χ1n) is 6.46. The molecule has 3 unspecified atom stereocenters. The zero-order chi connectivity index (χ0) is 12.7. The Morgan fingerprint density at radius 1 is 1.44 bits per heavy atom.